The summed E-state index contributed by atoms with van der Waals surface area (Å²) in [4.78, 5) is 33.4. The first-order valence-corrected chi connectivity index (χ1v) is 9.43. The minimum absolute atomic E-state index is 0.102. The van der Waals surface area contributed by atoms with Crippen molar-refractivity contribution in [3.8, 4) is 0 Å². The minimum Gasteiger partial charge on any atom is -0.329 e. The van der Waals surface area contributed by atoms with Gasteiger partial charge in [-0.1, -0.05) is 11.6 Å². The van der Waals surface area contributed by atoms with Crippen LogP contribution in [-0.2, 0) is 11.3 Å². The molecule has 8 heteroatoms. The molecule has 0 aromatic carbocycles. The highest BCUT2D eigenvalue weighted by Gasteiger charge is 2.28. The number of piperidine rings is 1. The lowest BCUT2D eigenvalue weighted by molar-refractivity contribution is -0.121. The topological polar surface area (TPSA) is 104 Å². The predicted molar refractivity (Wildman–Crippen MR) is 106 cm³/mol. The molecule has 2 aromatic rings. The predicted octanol–water partition coefficient (Wildman–Crippen LogP) is 2.09. The Morgan fingerprint density at radius 3 is 3.04 bits per heavy atom. The average Bonchev–Trinajstić information content (AvgIpc) is 2.69. The second kappa shape index (κ2) is 8.65. The number of aromatic nitrogens is 2. The van der Waals surface area contributed by atoms with E-state index in [9.17, 15) is 9.59 Å². The van der Waals surface area contributed by atoms with Crippen LogP contribution >= 0.6 is 11.6 Å². The van der Waals surface area contributed by atoms with Gasteiger partial charge in [0, 0.05) is 31.0 Å². The molecule has 2 aromatic heterocycles. The van der Waals surface area contributed by atoms with Gasteiger partial charge in [-0.15, -0.1) is 0 Å². The van der Waals surface area contributed by atoms with Crippen molar-refractivity contribution >= 4 is 23.3 Å². The Bertz CT molecular complexity index is 852. The zero-order valence-corrected chi connectivity index (χ0v) is 16.0. The SMILES string of the molecule is CC(C(=O)Nc1ccc(Cl)cn1)N1CCCC(c2c[nH]c(=O)c(CN)c2)C1. The lowest BCUT2D eigenvalue weighted by atomic mass is 9.90. The van der Waals surface area contributed by atoms with Gasteiger partial charge in [-0.05, 0) is 56.0 Å². The Hall–Kier alpha value is -2.22. The smallest absolute Gasteiger partial charge is 0.252 e. The second-order valence-electron chi connectivity index (χ2n) is 6.85. The third-order valence-corrected chi connectivity index (χ3v) is 5.28. The summed E-state index contributed by atoms with van der Waals surface area (Å²) in [6.45, 7) is 3.71. The van der Waals surface area contributed by atoms with Gasteiger partial charge in [0.1, 0.15) is 5.82 Å². The van der Waals surface area contributed by atoms with Gasteiger partial charge in [-0.3, -0.25) is 14.5 Å². The summed E-state index contributed by atoms with van der Waals surface area (Å²) >= 11 is 5.82. The van der Waals surface area contributed by atoms with Gasteiger partial charge >= 0.3 is 0 Å². The zero-order valence-electron chi connectivity index (χ0n) is 15.2. The van der Waals surface area contributed by atoms with Gasteiger partial charge < -0.3 is 16.0 Å². The van der Waals surface area contributed by atoms with Gasteiger partial charge in [0.2, 0.25) is 5.91 Å². The molecule has 0 bridgehead atoms. The van der Waals surface area contributed by atoms with Gasteiger partial charge in [-0.2, -0.15) is 0 Å². The lowest BCUT2D eigenvalue weighted by Crippen LogP contribution is -2.46. The van der Waals surface area contributed by atoms with Crippen LogP contribution in [0.5, 0.6) is 0 Å². The monoisotopic (exact) mass is 389 g/mol. The Balaban J connectivity index is 1.67. The average molecular weight is 390 g/mol. The van der Waals surface area contributed by atoms with Crippen LogP contribution < -0.4 is 16.6 Å². The van der Waals surface area contributed by atoms with Crippen LogP contribution in [0.1, 0.15) is 36.8 Å². The number of carbonyl (C=O) groups excluding carboxylic acids is 1. The van der Waals surface area contributed by atoms with E-state index in [2.05, 4.69) is 20.2 Å². The van der Waals surface area contributed by atoms with E-state index in [0.717, 1.165) is 31.5 Å². The standard InChI is InChI=1S/C19H24ClN5O2/c1-12(18(26)24-17-5-4-16(20)10-22-17)25-6-2-3-13(11-25)15-7-14(8-21)19(27)23-9-15/h4-5,7,9-10,12-13H,2-3,6,8,11,21H2,1H3,(H,23,27)(H,22,24,26). The van der Waals surface area contributed by atoms with E-state index in [-0.39, 0.29) is 30.0 Å². The molecule has 1 amide bonds. The highest BCUT2D eigenvalue weighted by Crippen LogP contribution is 2.27. The van der Waals surface area contributed by atoms with Crippen LogP contribution in [0.3, 0.4) is 0 Å². The van der Waals surface area contributed by atoms with Crippen molar-refractivity contribution < 1.29 is 4.79 Å². The van der Waals surface area contributed by atoms with Crippen molar-refractivity contribution in [1.82, 2.24) is 14.9 Å². The number of likely N-dealkylation sites (tertiary alicyclic amines) is 1. The van der Waals surface area contributed by atoms with Crippen LogP contribution in [0.15, 0.2) is 35.4 Å². The molecule has 0 saturated carbocycles. The summed E-state index contributed by atoms with van der Waals surface area (Å²) in [6.07, 6.45) is 5.26. The Morgan fingerprint density at radius 2 is 2.33 bits per heavy atom. The van der Waals surface area contributed by atoms with E-state index in [1.165, 1.54) is 6.20 Å². The van der Waals surface area contributed by atoms with Crippen molar-refractivity contribution in [2.75, 3.05) is 18.4 Å². The van der Waals surface area contributed by atoms with Gasteiger partial charge in [0.05, 0.1) is 11.1 Å². The molecule has 0 aliphatic carbocycles. The molecule has 7 nitrogen and oxygen atoms in total. The van der Waals surface area contributed by atoms with Crippen molar-refractivity contribution in [3.05, 3.63) is 57.1 Å². The molecule has 0 radical (unpaired) electrons. The van der Waals surface area contributed by atoms with Gasteiger partial charge in [-0.25, -0.2) is 4.98 Å². The first kappa shape index (κ1) is 19.5. The molecule has 27 heavy (non-hydrogen) atoms. The first-order chi connectivity index (χ1) is 13.0. The molecule has 0 spiro atoms. The molecule has 2 unspecified atom stereocenters. The number of amides is 1. The Labute approximate surface area is 162 Å². The highest BCUT2D eigenvalue weighted by atomic mass is 35.5. The second-order valence-corrected chi connectivity index (χ2v) is 7.29. The van der Waals surface area contributed by atoms with Crippen molar-refractivity contribution in [1.29, 1.82) is 0 Å². The number of carbonyl (C=O) groups is 1. The number of anilines is 1. The largest absolute Gasteiger partial charge is 0.329 e. The Morgan fingerprint density at radius 1 is 1.52 bits per heavy atom. The van der Waals surface area contributed by atoms with Crippen LogP contribution in [0.2, 0.25) is 5.02 Å². The van der Waals surface area contributed by atoms with E-state index < -0.39 is 0 Å². The van der Waals surface area contributed by atoms with Gasteiger partial charge in [0.15, 0.2) is 0 Å². The highest BCUT2D eigenvalue weighted by molar-refractivity contribution is 6.30. The summed E-state index contributed by atoms with van der Waals surface area (Å²) in [5.74, 6) is 0.637. The fourth-order valence-electron chi connectivity index (χ4n) is 3.41. The van der Waals surface area contributed by atoms with E-state index in [4.69, 9.17) is 17.3 Å². The van der Waals surface area contributed by atoms with E-state index in [1.807, 2.05) is 13.0 Å². The number of halogens is 1. The van der Waals surface area contributed by atoms with Crippen LogP contribution in [0, 0.1) is 0 Å². The lowest BCUT2D eigenvalue weighted by Gasteiger charge is -2.36. The molecule has 3 heterocycles. The zero-order chi connectivity index (χ0) is 19.4. The number of nitrogens with zero attached hydrogens (tertiary/aromatic N) is 2. The number of nitrogens with two attached hydrogens (primary N) is 1. The number of hydrogen-bond donors (Lipinski definition) is 3. The number of rotatable bonds is 5. The number of nitrogens with one attached hydrogen (secondary N) is 2. The van der Waals surface area contributed by atoms with E-state index in [1.54, 1.807) is 18.3 Å². The molecular formula is C19H24ClN5O2. The van der Waals surface area contributed by atoms with Crippen LogP contribution in [-0.4, -0.2) is 39.9 Å². The number of hydrogen-bond acceptors (Lipinski definition) is 5. The number of pyridine rings is 2. The number of H-pyrrole nitrogens is 1. The molecule has 1 aliphatic heterocycles. The maximum Gasteiger partial charge on any atom is 0.252 e. The normalized spacial score (nSPS) is 18.9. The van der Waals surface area contributed by atoms with Crippen molar-refractivity contribution in [3.63, 3.8) is 0 Å². The first-order valence-electron chi connectivity index (χ1n) is 9.06. The molecule has 1 fully saturated rings. The maximum absolute atomic E-state index is 12.6. The molecule has 144 valence electrons. The fourth-order valence-corrected chi connectivity index (χ4v) is 3.53. The molecule has 1 aliphatic rings. The summed E-state index contributed by atoms with van der Waals surface area (Å²) in [5.41, 5.74) is 7.16. The molecule has 4 N–H and O–H groups in total. The van der Waals surface area contributed by atoms with E-state index in [0.29, 0.717) is 16.4 Å². The molecule has 3 rings (SSSR count). The quantitative estimate of drug-likeness (QED) is 0.726. The van der Waals surface area contributed by atoms with Gasteiger partial charge in [0.25, 0.3) is 5.56 Å². The summed E-state index contributed by atoms with van der Waals surface area (Å²) in [6, 6.07) is 4.97. The van der Waals surface area contributed by atoms with Crippen molar-refractivity contribution in [2.45, 2.75) is 38.3 Å². The van der Waals surface area contributed by atoms with Crippen LogP contribution in [0.25, 0.3) is 0 Å². The molecule has 1 saturated heterocycles. The molecule has 2 atom stereocenters. The fraction of sp³-hybridized carbons (Fsp3) is 0.421. The van der Waals surface area contributed by atoms with Crippen molar-refractivity contribution in [2.24, 2.45) is 5.73 Å². The third-order valence-electron chi connectivity index (χ3n) is 5.05. The summed E-state index contributed by atoms with van der Waals surface area (Å²) < 4.78 is 0. The summed E-state index contributed by atoms with van der Waals surface area (Å²) in [7, 11) is 0. The van der Waals surface area contributed by atoms with E-state index >= 15 is 0 Å². The molecular weight excluding hydrogens is 366 g/mol. The summed E-state index contributed by atoms with van der Waals surface area (Å²) in [5, 5.41) is 3.36. The Kier molecular flexibility index (Phi) is 6.26. The maximum atomic E-state index is 12.6. The van der Waals surface area contributed by atoms with Crippen LogP contribution in [0.4, 0.5) is 5.82 Å². The minimum atomic E-state index is -0.290. The third kappa shape index (κ3) is 4.74. The number of aromatic amines is 1.